The van der Waals surface area contributed by atoms with Crippen molar-refractivity contribution in [2.45, 2.75) is 33.1 Å². The van der Waals surface area contributed by atoms with E-state index in [0.717, 1.165) is 47.7 Å². The lowest BCUT2D eigenvalue weighted by Gasteiger charge is -2.15. The van der Waals surface area contributed by atoms with Crippen molar-refractivity contribution in [2.24, 2.45) is 0 Å². The van der Waals surface area contributed by atoms with E-state index in [-0.39, 0.29) is 11.8 Å². The van der Waals surface area contributed by atoms with Gasteiger partial charge in [-0.15, -0.1) is 5.10 Å². The maximum Gasteiger partial charge on any atom is 0.269 e. The second-order valence-electron chi connectivity index (χ2n) is 5.52. The van der Waals surface area contributed by atoms with Gasteiger partial charge in [-0.3, -0.25) is 9.59 Å². The van der Waals surface area contributed by atoms with Crippen LogP contribution >= 0.6 is 11.5 Å². The number of hydrogen-bond donors (Lipinski definition) is 1. The van der Waals surface area contributed by atoms with Gasteiger partial charge < -0.3 is 10.2 Å². The van der Waals surface area contributed by atoms with Gasteiger partial charge in [-0.05, 0) is 42.1 Å². The summed E-state index contributed by atoms with van der Waals surface area (Å²) in [5.41, 5.74) is 3.43. The molecule has 2 amide bonds. The number of carbonyl (C=O) groups is 2. The van der Waals surface area contributed by atoms with E-state index >= 15 is 0 Å². The zero-order valence-corrected chi connectivity index (χ0v) is 13.9. The first-order chi connectivity index (χ1) is 11.1. The minimum Gasteiger partial charge on any atom is -0.321 e. The number of benzene rings is 1. The lowest BCUT2D eigenvalue weighted by Crippen LogP contribution is -2.25. The van der Waals surface area contributed by atoms with Crippen LogP contribution in [0.15, 0.2) is 18.2 Å². The maximum atomic E-state index is 12.4. The second kappa shape index (κ2) is 6.45. The summed E-state index contributed by atoms with van der Waals surface area (Å²) in [6.45, 7) is 4.29. The van der Waals surface area contributed by atoms with Crippen LogP contribution in [0.1, 0.15) is 41.2 Å². The fourth-order valence-electron chi connectivity index (χ4n) is 2.75. The maximum absolute atomic E-state index is 12.4. The van der Waals surface area contributed by atoms with Crippen LogP contribution in [-0.2, 0) is 17.6 Å². The number of aryl methyl sites for hydroxylation is 1. The monoisotopic (exact) mass is 330 g/mol. The van der Waals surface area contributed by atoms with Crippen molar-refractivity contribution in [3.63, 3.8) is 0 Å². The third kappa shape index (κ3) is 3.10. The molecule has 0 saturated carbocycles. The van der Waals surface area contributed by atoms with Crippen LogP contribution in [0.3, 0.4) is 0 Å². The van der Waals surface area contributed by atoms with E-state index in [9.17, 15) is 9.59 Å². The van der Waals surface area contributed by atoms with Crippen molar-refractivity contribution < 1.29 is 9.59 Å². The molecule has 1 aromatic carbocycles. The minimum atomic E-state index is -0.198. The fraction of sp³-hybridized carbons (Fsp3) is 0.375. The summed E-state index contributed by atoms with van der Waals surface area (Å²) >= 11 is 1.11. The molecule has 0 saturated heterocycles. The molecule has 0 aliphatic carbocycles. The number of hydrogen-bond acceptors (Lipinski definition) is 5. The van der Waals surface area contributed by atoms with E-state index in [1.807, 2.05) is 25.1 Å². The van der Waals surface area contributed by atoms with Crippen molar-refractivity contribution in [2.75, 3.05) is 16.8 Å². The highest BCUT2D eigenvalue weighted by molar-refractivity contribution is 7.08. The molecule has 1 aromatic heterocycles. The predicted octanol–water partition coefficient (Wildman–Crippen LogP) is 2.65. The first-order valence-electron chi connectivity index (χ1n) is 7.63. The highest BCUT2D eigenvalue weighted by Crippen LogP contribution is 2.31. The van der Waals surface area contributed by atoms with E-state index in [0.29, 0.717) is 17.1 Å². The number of carbonyl (C=O) groups excluding carboxylic acids is 2. The van der Waals surface area contributed by atoms with Crippen molar-refractivity contribution in [3.8, 4) is 0 Å². The molecule has 23 heavy (non-hydrogen) atoms. The molecular formula is C16H18N4O2S. The highest BCUT2D eigenvalue weighted by Gasteiger charge is 2.23. The zero-order valence-electron chi connectivity index (χ0n) is 13.1. The Hall–Kier alpha value is -2.28. The molecule has 0 radical (unpaired) electrons. The van der Waals surface area contributed by atoms with Gasteiger partial charge in [0, 0.05) is 24.8 Å². The molecule has 3 rings (SSSR count). The summed E-state index contributed by atoms with van der Waals surface area (Å²) in [6, 6.07) is 5.69. The molecule has 0 bridgehead atoms. The smallest absolute Gasteiger partial charge is 0.269 e. The summed E-state index contributed by atoms with van der Waals surface area (Å²) in [7, 11) is 0. The molecule has 1 aliphatic rings. The molecule has 6 nitrogen and oxygen atoms in total. The molecule has 0 spiro atoms. The average Bonchev–Trinajstić information content (AvgIpc) is 3.13. The first-order valence-corrected chi connectivity index (χ1v) is 8.41. The minimum absolute atomic E-state index is 0.0177. The van der Waals surface area contributed by atoms with Crippen molar-refractivity contribution in [3.05, 3.63) is 34.3 Å². The standard InChI is InChI=1S/C16H18N4O2S/c1-3-4-13-15(23-19-18-13)16(22)17-12-6-5-11-7-8-20(10(2)21)14(11)9-12/h5-6,9H,3-4,7-8H2,1-2H3,(H,17,22). The number of nitrogens with one attached hydrogen (secondary N) is 1. The number of anilines is 2. The molecule has 120 valence electrons. The molecule has 0 atom stereocenters. The molecule has 0 unspecified atom stereocenters. The third-order valence-corrected chi connectivity index (χ3v) is 4.63. The lowest BCUT2D eigenvalue weighted by molar-refractivity contribution is -0.116. The number of rotatable bonds is 4. The molecule has 7 heteroatoms. The molecule has 0 fully saturated rings. The van der Waals surface area contributed by atoms with Gasteiger partial charge in [0.05, 0.1) is 5.69 Å². The summed E-state index contributed by atoms with van der Waals surface area (Å²) in [6.07, 6.45) is 2.50. The lowest BCUT2D eigenvalue weighted by atomic mass is 10.1. The van der Waals surface area contributed by atoms with E-state index in [1.54, 1.807) is 11.8 Å². The van der Waals surface area contributed by atoms with Gasteiger partial charge in [0.25, 0.3) is 5.91 Å². The number of fused-ring (bicyclic) bond motifs is 1. The topological polar surface area (TPSA) is 75.2 Å². The van der Waals surface area contributed by atoms with Gasteiger partial charge in [0.15, 0.2) is 0 Å². The van der Waals surface area contributed by atoms with Crippen LogP contribution in [-0.4, -0.2) is 27.9 Å². The molecular weight excluding hydrogens is 312 g/mol. The molecule has 2 heterocycles. The van der Waals surface area contributed by atoms with Crippen molar-refractivity contribution in [1.29, 1.82) is 0 Å². The van der Waals surface area contributed by atoms with E-state index in [4.69, 9.17) is 0 Å². The zero-order chi connectivity index (χ0) is 16.4. The van der Waals surface area contributed by atoms with Crippen LogP contribution in [0.25, 0.3) is 0 Å². The third-order valence-electron chi connectivity index (χ3n) is 3.87. The number of nitrogens with zero attached hydrogens (tertiary/aromatic N) is 3. The normalized spacial score (nSPS) is 13.0. The summed E-state index contributed by atoms with van der Waals surface area (Å²) in [4.78, 5) is 26.4. The van der Waals surface area contributed by atoms with Gasteiger partial charge in [-0.2, -0.15) is 0 Å². The Balaban J connectivity index is 1.81. The Kier molecular flexibility index (Phi) is 4.38. The van der Waals surface area contributed by atoms with Crippen molar-refractivity contribution >= 4 is 34.7 Å². The quantitative estimate of drug-likeness (QED) is 0.935. The summed E-state index contributed by atoms with van der Waals surface area (Å²) < 4.78 is 3.87. The van der Waals surface area contributed by atoms with Gasteiger partial charge in [0.2, 0.25) is 5.91 Å². The second-order valence-corrected chi connectivity index (χ2v) is 6.27. The Morgan fingerprint density at radius 3 is 2.96 bits per heavy atom. The number of aromatic nitrogens is 2. The van der Waals surface area contributed by atoms with Crippen molar-refractivity contribution in [1.82, 2.24) is 9.59 Å². The Bertz CT molecular complexity index is 756. The average molecular weight is 330 g/mol. The highest BCUT2D eigenvalue weighted by atomic mass is 32.1. The number of amides is 2. The van der Waals surface area contributed by atoms with E-state index in [1.165, 1.54) is 0 Å². The van der Waals surface area contributed by atoms with Crippen LogP contribution in [0, 0.1) is 0 Å². The van der Waals surface area contributed by atoms with Gasteiger partial charge >= 0.3 is 0 Å². The predicted molar refractivity (Wildman–Crippen MR) is 90.0 cm³/mol. The fourth-order valence-corrected chi connectivity index (χ4v) is 3.36. The van der Waals surface area contributed by atoms with E-state index < -0.39 is 0 Å². The molecule has 1 aliphatic heterocycles. The van der Waals surface area contributed by atoms with Crippen LogP contribution < -0.4 is 10.2 Å². The van der Waals surface area contributed by atoms with Crippen LogP contribution in [0.4, 0.5) is 11.4 Å². The Morgan fingerprint density at radius 1 is 1.39 bits per heavy atom. The largest absolute Gasteiger partial charge is 0.321 e. The molecule has 1 N–H and O–H groups in total. The van der Waals surface area contributed by atoms with Crippen LogP contribution in [0.2, 0.25) is 0 Å². The SMILES string of the molecule is CCCc1nnsc1C(=O)Nc1ccc2c(c1)N(C(C)=O)CC2. The Labute approximate surface area is 138 Å². The van der Waals surface area contributed by atoms with Gasteiger partial charge in [-0.1, -0.05) is 23.9 Å². The van der Waals surface area contributed by atoms with Gasteiger partial charge in [0.1, 0.15) is 4.88 Å². The van der Waals surface area contributed by atoms with Crippen LogP contribution in [0.5, 0.6) is 0 Å². The van der Waals surface area contributed by atoms with Gasteiger partial charge in [-0.25, -0.2) is 0 Å². The summed E-state index contributed by atoms with van der Waals surface area (Å²) in [5, 5.41) is 6.90. The molecule has 2 aromatic rings. The first kappa shape index (κ1) is 15.6. The van der Waals surface area contributed by atoms with E-state index in [2.05, 4.69) is 14.9 Å². The summed E-state index contributed by atoms with van der Waals surface area (Å²) in [5.74, 6) is -0.181. The Morgan fingerprint density at radius 2 is 2.22 bits per heavy atom.